The Morgan fingerprint density at radius 2 is 1.56 bits per heavy atom. The number of aromatic nitrogens is 3. The lowest BCUT2D eigenvalue weighted by atomic mass is 10.1. The van der Waals surface area contributed by atoms with Crippen molar-refractivity contribution in [2.75, 3.05) is 0 Å². The van der Waals surface area contributed by atoms with Crippen molar-refractivity contribution >= 4 is 29.3 Å². The smallest absolute Gasteiger partial charge is 0.220 e. The van der Waals surface area contributed by atoms with Gasteiger partial charge in [0, 0.05) is 35.7 Å². The van der Waals surface area contributed by atoms with Gasteiger partial charge < -0.3 is 5.32 Å². The summed E-state index contributed by atoms with van der Waals surface area (Å²) in [5.41, 5.74) is 0.597. The fourth-order valence-corrected chi connectivity index (χ4v) is 4.95. The van der Waals surface area contributed by atoms with Gasteiger partial charge in [0.05, 0.1) is 5.69 Å². The highest BCUT2D eigenvalue weighted by molar-refractivity contribution is 7.98. The standard InChI is InChI=1S/C27H22ClF5N4OS/c28-17-9-6-10-18(13-17)37-20(11-4-5-12-21(38)34-14-16-7-2-1-3-8-16)35-36-27(37)39-15-19-22(29)24(31)26(33)25(32)23(19)30/h1-3,6-10,13H,4-5,11-12,14-15H2,(H,34,38). The van der Waals surface area contributed by atoms with E-state index in [0.717, 1.165) is 17.3 Å². The normalized spacial score (nSPS) is 11.1. The Labute approximate surface area is 230 Å². The number of benzene rings is 3. The molecule has 39 heavy (non-hydrogen) atoms. The second kappa shape index (κ2) is 13.1. The topological polar surface area (TPSA) is 59.8 Å². The van der Waals surface area contributed by atoms with E-state index in [-0.39, 0.29) is 11.1 Å². The highest BCUT2D eigenvalue weighted by atomic mass is 35.5. The Bertz CT molecular complexity index is 1440. The molecule has 4 rings (SSSR count). The van der Waals surface area contributed by atoms with Gasteiger partial charge in [-0.25, -0.2) is 22.0 Å². The van der Waals surface area contributed by atoms with Gasteiger partial charge in [0.15, 0.2) is 28.4 Å². The summed E-state index contributed by atoms with van der Waals surface area (Å²) in [7, 11) is 0. The third kappa shape index (κ3) is 6.96. The van der Waals surface area contributed by atoms with Gasteiger partial charge in [-0.05, 0) is 36.6 Å². The van der Waals surface area contributed by atoms with Crippen molar-refractivity contribution < 1.29 is 26.7 Å². The fraction of sp³-hybridized carbons (Fsp3) is 0.222. The second-order valence-electron chi connectivity index (χ2n) is 8.52. The van der Waals surface area contributed by atoms with Crippen molar-refractivity contribution in [2.45, 2.75) is 43.1 Å². The van der Waals surface area contributed by atoms with Gasteiger partial charge >= 0.3 is 0 Å². The highest BCUT2D eigenvalue weighted by Crippen LogP contribution is 2.31. The number of halogens is 6. The Hall–Kier alpha value is -3.44. The van der Waals surface area contributed by atoms with Crippen molar-refractivity contribution in [3.05, 3.63) is 106 Å². The van der Waals surface area contributed by atoms with Crippen molar-refractivity contribution in [1.29, 1.82) is 0 Å². The number of nitrogens with zero attached hydrogens (tertiary/aromatic N) is 3. The third-order valence-electron chi connectivity index (χ3n) is 5.80. The maximum Gasteiger partial charge on any atom is 0.220 e. The molecule has 1 aromatic heterocycles. The average molecular weight is 581 g/mol. The molecule has 0 radical (unpaired) electrons. The number of nitrogens with one attached hydrogen (secondary N) is 1. The van der Waals surface area contributed by atoms with Crippen LogP contribution >= 0.6 is 23.4 Å². The first kappa shape index (κ1) is 28.6. The van der Waals surface area contributed by atoms with E-state index >= 15 is 0 Å². The number of carbonyl (C=O) groups excluding carboxylic acids is 1. The van der Waals surface area contributed by atoms with Crippen LogP contribution in [0.1, 0.15) is 36.2 Å². The van der Waals surface area contributed by atoms with Crippen LogP contribution in [0.3, 0.4) is 0 Å². The van der Waals surface area contributed by atoms with Crippen molar-refractivity contribution in [3.8, 4) is 5.69 Å². The maximum atomic E-state index is 14.2. The Morgan fingerprint density at radius 3 is 2.26 bits per heavy atom. The Morgan fingerprint density at radius 1 is 0.872 bits per heavy atom. The molecule has 0 saturated heterocycles. The number of aryl methyl sites for hydroxylation is 1. The first-order valence-electron chi connectivity index (χ1n) is 11.9. The van der Waals surface area contributed by atoms with Crippen molar-refractivity contribution in [1.82, 2.24) is 20.1 Å². The molecule has 204 valence electrons. The molecule has 1 amide bonds. The minimum Gasteiger partial charge on any atom is -0.352 e. The molecule has 0 fully saturated rings. The number of thioether (sulfide) groups is 1. The predicted molar refractivity (Wildman–Crippen MR) is 138 cm³/mol. The van der Waals surface area contributed by atoms with Crippen LogP contribution in [-0.2, 0) is 23.5 Å². The van der Waals surface area contributed by atoms with Gasteiger partial charge in [0.25, 0.3) is 0 Å². The first-order valence-corrected chi connectivity index (χ1v) is 13.3. The maximum absolute atomic E-state index is 14.2. The highest BCUT2D eigenvalue weighted by Gasteiger charge is 2.26. The van der Waals surface area contributed by atoms with Gasteiger partial charge in [-0.3, -0.25) is 9.36 Å². The van der Waals surface area contributed by atoms with Crippen LogP contribution in [0, 0.1) is 29.1 Å². The van der Waals surface area contributed by atoms with E-state index in [0.29, 0.717) is 48.8 Å². The van der Waals surface area contributed by atoms with Crippen molar-refractivity contribution in [3.63, 3.8) is 0 Å². The second-order valence-corrected chi connectivity index (χ2v) is 9.90. The molecule has 0 atom stereocenters. The third-order valence-corrected chi connectivity index (χ3v) is 6.99. The Balaban J connectivity index is 1.44. The van der Waals surface area contributed by atoms with Crippen molar-refractivity contribution in [2.24, 2.45) is 0 Å². The van der Waals surface area contributed by atoms with E-state index in [1.54, 1.807) is 28.8 Å². The summed E-state index contributed by atoms with van der Waals surface area (Å²) in [6, 6.07) is 16.2. The van der Waals surface area contributed by atoms with E-state index in [4.69, 9.17) is 11.6 Å². The van der Waals surface area contributed by atoms with Gasteiger partial charge in [-0.2, -0.15) is 0 Å². The monoisotopic (exact) mass is 580 g/mol. The minimum atomic E-state index is -2.21. The number of unbranched alkanes of at least 4 members (excludes halogenated alkanes) is 1. The molecule has 0 spiro atoms. The van der Waals surface area contributed by atoms with Crippen LogP contribution in [0.15, 0.2) is 59.8 Å². The molecule has 5 nitrogen and oxygen atoms in total. The fourth-order valence-electron chi connectivity index (χ4n) is 3.80. The summed E-state index contributed by atoms with van der Waals surface area (Å²) in [6.45, 7) is 0.437. The zero-order chi connectivity index (χ0) is 27.9. The zero-order valence-corrected chi connectivity index (χ0v) is 21.9. The summed E-state index contributed by atoms with van der Waals surface area (Å²) in [5, 5.41) is 11.7. The van der Waals surface area contributed by atoms with E-state index in [9.17, 15) is 26.7 Å². The molecule has 4 aromatic rings. The lowest BCUT2D eigenvalue weighted by Gasteiger charge is -2.12. The molecule has 12 heteroatoms. The lowest BCUT2D eigenvalue weighted by Crippen LogP contribution is -2.22. The van der Waals surface area contributed by atoms with E-state index < -0.39 is 40.4 Å². The van der Waals surface area contributed by atoms with Gasteiger partial charge in [-0.1, -0.05) is 59.8 Å². The SMILES string of the molecule is O=C(CCCCc1nnc(SCc2c(F)c(F)c(F)c(F)c2F)n1-c1cccc(Cl)c1)NCc1ccccc1. The molecule has 1 heterocycles. The van der Waals surface area contributed by atoms with Crippen LogP contribution in [-0.4, -0.2) is 20.7 Å². The summed E-state index contributed by atoms with van der Waals surface area (Å²) < 4.78 is 70.7. The summed E-state index contributed by atoms with van der Waals surface area (Å²) in [4.78, 5) is 12.2. The van der Waals surface area contributed by atoms with E-state index in [2.05, 4.69) is 15.5 Å². The zero-order valence-electron chi connectivity index (χ0n) is 20.4. The molecular formula is C27H22ClF5N4OS. The minimum absolute atomic E-state index is 0.0887. The largest absolute Gasteiger partial charge is 0.352 e. The molecule has 3 aromatic carbocycles. The van der Waals surface area contributed by atoms with Gasteiger partial charge in [0.2, 0.25) is 11.7 Å². The van der Waals surface area contributed by atoms with Crippen LogP contribution in [0.25, 0.3) is 5.69 Å². The van der Waals surface area contributed by atoms with Gasteiger partial charge in [-0.15, -0.1) is 10.2 Å². The predicted octanol–water partition coefficient (Wildman–Crippen LogP) is 6.94. The van der Waals surface area contributed by atoms with Crippen LogP contribution in [0.4, 0.5) is 22.0 Å². The lowest BCUT2D eigenvalue weighted by molar-refractivity contribution is -0.121. The molecule has 0 aliphatic rings. The summed E-state index contributed by atoms with van der Waals surface area (Å²) in [5.74, 6) is -10.2. The van der Waals surface area contributed by atoms with Crippen LogP contribution in [0.2, 0.25) is 5.02 Å². The van der Waals surface area contributed by atoms with Gasteiger partial charge in [0.1, 0.15) is 5.82 Å². The average Bonchev–Trinajstić information content (AvgIpc) is 3.35. The van der Waals surface area contributed by atoms with Crippen LogP contribution in [0.5, 0.6) is 0 Å². The summed E-state index contributed by atoms with van der Waals surface area (Å²) in [6.07, 6.45) is 1.87. The quantitative estimate of drug-likeness (QED) is 0.0686. The number of hydrogen-bond donors (Lipinski definition) is 1. The molecule has 1 N–H and O–H groups in total. The van der Waals surface area contributed by atoms with E-state index in [1.807, 2.05) is 30.3 Å². The molecule has 0 aliphatic carbocycles. The van der Waals surface area contributed by atoms with Crippen LogP contribution < -0.4 is 5.32 Å². The molecule has 0 unspecified atom stereocenters. The molecule has 0 aliphatic heterocycles. The Kier molecular flexibility index (Phi) is 9.58. The molecule has 0 bridgehead atoms. The number of hydrogen-bond acceptors (Lipinski definition) is 4. The molecule has 0 saturated carbocycles. The van der Waals surface area contributed by atoms with E-state index in [1.165, 1.54) is 0 Å². The number of carbonyl (C=O) groups is 1. The first-order chi connectivity index (χ1) is 18.8. The number of amides is 1. The summed E-state index contributed by atoms with van der Waals surface area (Å²) >= 11 is 6.91. The molecular weight excluding hydrogens is 559 g/mol. The number of rotatable bonds is 11.